The number of nitrogens with zero attached hydrogens (tertiary/aromatic N) is 1. The highest BCUT2D eigenvalue weighted by molar-refractivity contribution is 5.16. The van der Waals surface area contributed by atoms with Crippen molar-refractivity contribution < 1.29 is 4.57 Å². The van der Waals surface area contributed by atoms with Gasteiger partial charge >= 0.3 is 0 Å². The van der Waals surface area contributed by atoms with Crippen molar-refractivity contribution in [1.82, 2.24) is 0 Å². The summed E-state index contributed by atoms with van der Waals surface area (Å²) in [6.45, 7) is 2.20. The van der Waals surface area contributed by atoms with Crippen LogP contribution in [0.1, 0.15) is 18.5 Å². The highest BCUT2D eigenvalue weighted by Crippen LogP contribution is 2.09. The van der Waals surface area contributed by atoms with Crippen LogP contribution in [0.25, 0.3) is 0 Å². The van der Waals surface area contributed by atoms with Crippen molar-refractivity contribution >= 4 is 0 Å². The van der Waals surface area contributed by atoms with Crippen LogP contribution in [-0.4, -0.2) is 0 Å². The lowest BCUT2D eigenvalue weighted by atomic mass is 10.1. The van der Waals surface area contributed by atoms with Crippen molar-refractivity contribution in [3.8, 4) is 0 Å². The normalized spacial score (nSPS) is 12.4. The average molecular weight is 184 g/mol. The number of aromatic nitrogens is 1. The van der Waals surface area contributed by atoms with E-state index in [4.69, 9.17) is 0 Å². The molecule has 14 heavy (non-hydrogen) atoms. The number of hydrogen-bond acceptors (Lipinski definition) is 0. The molecule has 0 aliphatic carbocycles. The standard InChI is InChI=1S/C13H14N/c1-12(13-8-4-2-5-9-13)14-10-6-3-7-11-14/h2-12H,1H3/q+1/t12-/m0/s1. The van der Waals surface area contributed by atoms with Crippen molar-refractivity contribution in [3.63, 3.8) is 0 Å². The van der Waals surface area contributed by atoms with Crippen molar-refractivity contribution in [3.05, 3.63) is 66.5 Å². The summed E-state index contributed by atoms with van der Waals surface area (Å²) in [5.74, 6) is 0. The quantitative estimate of drug-likeness (QED) is 0.632. The second-order valence-corrected chi connectivity index (χ2v) is 3.41. The topological polar surface area (TPSA) is 3.88 Å². The van der Waals surface area contributed by atoms with Gasteiger partial charge in [0.1, 0.15) is 0 Å². The molecule has 1 atom stereocenters. The summed E-state index contributed by atoms with van der Waals surface area (Å²) >= 11 is 0. The Bertz CT molecular complexity index is 341. The van der Waals surface area contributed by atoms with Gasteiger partial charge in [-0.3, -0.25) is 0 Å². The SMILES string of the molecule is C[C@@H](c1ccccc1)[n+]1ccccc1. The molecule has 70 valence electrons. The van der Waals surface area contributed by atoms with Crippen LogP contribution in [0.2, 0.25) is 0 Å². The lowest BCUT2D eigenvalue weighted by Gasteiger charge is -2.06. The van der Waals surface area contributed by atoms with E-state index >= 15 is 0 Å². The maximum Gasteiger partial charge on any atom is 0.180 e. The molecule has 1 nitrogen and oxygen atoms in total. The van der Waals surface area contributed by atoms with Gasteiger partial charge in [0.15, 0.2) is 18.4 Å². The predicted molar refractivity (Wildman–Crippen MR) is 56.9 cm³/mol. The van der Waals surface area contributed by atoms with Gasteiger partial charge in [-0.15, -0.1) is 0 Å². The Balaban J connectivity index is 2.30. The number of rotatable bonds is 2. The first-order valence-corrected chi connectivity index (χ1v) is 4.88. The van der Waals surface area contributed by atoms with Crippen molar-refractivity contribution in [2.45, 2.75) is 13.0 Å². The van der Waals surface area contributed by atoms with Crippen LogP contribution >= 0.6 is 0 Å². The molecule has 1 heteroatoms. The van der Waals surface area contributed by atoms with Gasteiger partial charge in [0.25, 0.3) is 0 Å². The molecule has 0 fully saturated rings. The van der Waals surface area contributed by atoms with Crippen LogP contribution in [0.4, 0.5) is 0 Å². The fourth-order valence-electron chi connectivity index (χ4n) is 1.57. The van der Waals surface area contributed by atoms with Crippen LogP contribution in [0, 0.1) is 0 Å². The average Bonchev–Trinajstić information content (AvgIpc) is 2.30. The summed E-state index contributed by atoms with van der Waals surface area (Å²) in [6.07, 6.45) is 4.19. The highest BCUT2D eigenvalue weighted by atomic mass is 15.0. The van der Waals surface area contributed by atoms with E-state index in [1.807, 2.05) is 12.1 Å². The molecule has 1 heterocycles. The minimum atomic E-state index is 0.400. The van der Waals surface area contributed by atoms with E-state index in [1.54, 1.807) is 0 Å². The van der Waals surface area contributed by atoms with Gasteiger partial charge in [-0.25, -0.2) is 0 Å². The monoisotopic (exact) mass is 184 g/mol. The zero-order valence-corrected chi connectivity index (χ0v) is 8.30. The fourth-order valence-corrected chi connectivity index (χ4v) is 1.57. The molecule has 0 saturated carbocycles. The minimum Gasteiger partial charge on any atom is -0.198 e. The molecule has 0 aliphatic heterocycles. The number of benzene rings is 1. The molecule has 0 amide bonds. The summed E-state index contributed by atoms with van der Waals surface area (Å²) < 4.78 is 2.20. The van der Waals surface area contributed by atoms with Gasteiger partial charge in [-0.05, 0) is 0 Å². The van der Waals surface area contributed by atoms with E-state index in [2.05, 4.69) is 60.3 Å². The van der Waals surface area contributed by atoms with E-state index < -0.39 is 0 Å². The third-order valence-electron chi connectivity index (χ3n) is 2.47. The maximum atomic E-state index is 2.20. The Morgan fingerprint density at radius 3 is 2.07 bits per heavy atom. The van der Waals surface area contributed by atoms with Gasteiger partial charge in [-0.2, -0.15) is 4.57 Å². The molecule has 0 radical (unpaired) electrons. The van der Waals surface area contributed by atoms with Gasteiger partial charge in [0.2, 0.25) is 0 Å². The fraction of sp³-hybridized carbons (Fsp3) is 0.154. The lowest BCUT2D eigenvalue weighted by Crippen LogP contribution is -2.37. The van der Waals surface area contributed by atoms with E-state index in [0.29, 0.717) is 6.04 Å². The van der Waals surface area contributed by atoms with Gasteiger partial charge in [-0.1, -0.05) is 36.4 Å². The Morgan fingerprint density at radius 2 is 1.43 bits per heavy atom. The zero-order chi connectivity index (χ0) is 9.80. The molecule has 0 N–H and O–H groups in total. The lowest BCUT2D eigenvalue weighted by molar-refractivity contribution is -0.710. The molecule has 0 aliphatic rings. The van der Waals surface area contributed by atoms with Crippen LogP contribution in [0.3, 0.4) is 0 Å². The second-order valence-electron chi connectivity index (χ2n) is 3.41. The van der Waals surface area contributed by atoms with Crippen LogP contribution in [0.5, 0.6) is 0 Å². The largest absolute Gasteiger partial charge is 0.198 e. The third kappa shape index (κ3) is 1.82. The molecule has 0 saturated heterocycles. The van der Waals surface area contributed by atoms with Crippen LogP contribution < -0.4 is 4.57 Å². The smallest absolute Gasteiger partial charge is 0.180 e. The molecule has 2 aromatic rings. The molecule has 1 aromatic heterocycles. The first-order chi connectivity index (χ1) is 6.88. The van der Waals surface area contributed by atoms with E-state index in [-0.39, 0.29) is 0 Å². The Morgan fingerprint density at radius 1 is 0.857 bits per heavy atom. The molecule has 1 aromatic carbocycles. The summed E-state index contributed by atoms with van der Waals surface area (Å²) in [6, 6.07) is 17.1. The number of pyridine rings is 1. The van der Waals surface area contributed by atoms with Crippen LogP contribution in [0.15, 0.2) is 60.9 Å². The Labute approximate surface area is 84.6 Å². The predicted octanol–water partition coefficient (Wildman–Crippen LogP) is 2.58. The minimum absolute atomic E-state index is 0.400. The Kier molecular flexibility index (Phi) is 2.59. The molecule has 0 bridgehead atoms. The van der Waals surface area contributed by atoms with Gasteiger partial charge in [0, 0.05) is 24.6 Å². The second kappa shape index (κ2) is 4.05. The van der Waals surface area contributed by atoms with Crippen molar-refractivity contribution in [2.24, 2.45) is 0 Å². The molecule has 2 rings (SSSR count). The summed E-state index contributed by atoms with van der Waals surface area (Å²) in [5, 5.41) is 0. The van der Waals surface area contributed by atoms with Crippen LogP contribution in [-0.2, 0) is 0 Å². The van der Waals surface area contributed by atoms with E-state index in [0.717, 1.165) is 0 Å². The first kappa shape index (κ1) is 8.95. The summed E-state index contributed by atoms with van der Waals surface area (Å²) in [5.41, 5.74) is 1.34. The van der Waals surface area contributed by atoms with Gasteiger partial charge < -0.3 is 0 Å². The van der Waals surface area contributed by atoms with E-state index in [9.17, 15) is 0 Å². The molecule has 0 unspecified atom stereocenters. The molecular weight excluding hydrogens is 170 g/mol. The summed E-state index contributed by atoms with van der Waals surface area (Å²) in [4.78, 5) is 0. The van der Waals surface area contributed by atoms with Crippen molar-refractivity contribution in [1.29, 1.82) is 0 Å². The Hall–Kier alpha value is -1.63. The molecular formula is C13H14N+. The van der Waals surface area contributed by atoms with E-state index in [1.165, 1.54) is 5.56 Å². The zero-order valence-electron chi connectivity index (χ0n) is 8.30. The summed E-state index contributed by atoms with van der Waals surface area (Å²) in [7, 11) is 0. The maximum absolute atomic E-state index is 2.20. The molecule has 0 spiro atoms. The first-order valence-electron chi connectivity index (χ1n) is 4.88. The van der Waals surface area contributed by atoms with Gasteiger partial charge in [0.05, 0.1) is 0 Å². The van der Waals surface area contributed by atoms with Crippen molar-refractivity contribution in [2.75, 3.05) is 0 Å². The number of hydrogen-bond donors (Lipinski definition) is 0. The third-order valence-corrected chi connectivity index (χ3v) is 2.47. The highest BCUT2D eigenvalue weighted by Gasteiger charge is 2.12.